The number of halogens is 1. The Morgan fingerprint density at radius 1 is 1.05 bits per heavy atom. The second-order valence-corrected chi connectivity index (χ2v) is 4.38. The lowest BCUT2D eigenvalue weighted by Gasteiger charge is -2.14. The molecule has 20 heavy (non-hydrogen) atoms. The molecule has 0 fully saturated rings. The fraction of sp³-hybridized carbons (Fsp3) is 0.214. The minimum Gasteiger partial charge on any atom is -0.495 e. The molecule has 1 aromatic carbocycles. The van der Waals surface area contributed by atoms with Crippen LogP contribution in [-0.4, -0.2) is 26.3 Å². The third kappa shape index (κ3) is 3.05. The topological polar surface area (TPSA) is 55.4 Å². The first-order valence-corrected chi connectivity index (χ1v) is 6.39. The largest absolute Gasteiger partial charge is 0.495 e. The molecule has 0 amide bonds. The van der Waals surface area contributed by atoms with Gasteiger partial charge in [-0.05, 0) is 12.1 Å². The fourth-order valence-corrected chi connectivity index (χ4v) is 1.97. The third-order valence-electron chi connectivity index (χ3n) is 2.74. The Kier molecular flexibility index (Phi) is 4.53. The van der Waals surface area contributed by atoms with Crippen molar-refractivity contribution in [1.82, 2.24) is 4.98 Å². The van der Waals surface area contributed by atoms with E-state index in [0.29, 0.717) is 22.3 Å². The summed E-state index contributed by atoms with van der Waals surface area (Å²) in [4.78, 5) is 4.39. The number of rotatable bonds is 5. The first-order valence-electron chi connectivity index (χ1n) is 6.01. The van der Waals surface area contributed by atoms with E-state index in [-0.39, 0.29) is 0 Å². The average molecular weight is 294 g/mol. The van der Waals surface area contributed by atoms with E-state index in [2.05, 4.69) is 15.6 Å². The summed E-state index contributed by atoms with van der Waals surface area (Å²) in [5, 5.41) is 6.66. The quantitative estimate of drug-likeness (QED) is 0.883. The van der Waals surface area contributed by atoms with Crippen molar-refractivity contribution in [1.29, 1.82) is 0 Å². The molecule has 2 rings (SSSR count). The van der Waals surface area contributed by atoms with E-state index < -0.39 is 0 Å². The van der Waals surface area contributed by atoms with E-state index in [1.165, 1.54) is 0 Å². The number of benzene rings is 1. The highest BCUT2D eigenvalue weighted by Crippen LogP contribution is 2.37. The van der Waals surface area contributed by atoms with Crippen molar-refractivity contribution in [2.24, 2.45) is 0 Å². The predicted octanol–water partition coefficient (Wildman–Crippen LogP) is 3.54. The van der Waals surface area contributed by atoms with E-state index in [0.717, 1.165) is 11.5 Å². The number of hydrogen-bond acceptors (Lipinski definition) is 5. The number of nitrogens with one attached hydrogen (secondary N) is 2. The average Bonchev–Trinajstić information content (AvgIpc) is 2.48. The number of aromatic nitrogens is 1. The molecule has 0 spiro atoms. The first kappa shape index (κ1) is 14.3. The van der Waals surface area contributed by atoms with E-state index in [4.69, 9.17) is 21.1 Å². The van der Waals surface area contributed by atoms with Crippen molar-refractivity contribution in [2.75, 3.05) is 31.9 Å². The normalized spacial score (nSPS) is 10.0. The standard InChI is InChI=1S/C14H16ClN3O2/c1-16-13-5-4-6-14(18-13)17-10-8-11(19-2)9(15)7-12(10)20-3/h4-8H,1-3H3,(H2,16,17,18). The molecule has 106 valence electrons. The molecule has 2 N–H and O–H groups in total. The molecule has 0 saturated heterocycles. The van der Waals surface area contributed by atoms with Gasteiger partial charge in [-0.25, -0.2) is 4.98 Å². The molecule has 6 heteroatoms. The zero-order chi connectivity index (χ0) is 14.5. The van der Waals surface area contributed by atoms with Crippen LogP contribution < -0.4 is 20.1 Å². The highest BCUT2D eigenvalue weighted by molar-refractivity contribution is 6.32. The highest BCUT2D eigenvalue weighted by atomic mass is 35.5. The second kappa shape index (κ2) is 6.34. The van der Waals surface area contributed by atoms with Crippen LogP contribution in [0.5, 0.6) is 11.5 Å². The van der Waals surface area contributed by atoms with Gasteiger partial charge in [-0.3, -0.25) is 0 Å². The van der Waals surface area contributed by atoms with Gasteiger partial charge in [-0.1, -0.05) is 17.7 Å². The summed E-state index contributed by atoms with van der Waals surface area (Å²) in [5.41, 5.74) is 0.731. The third-order valence-corrected chi connectivity index (χ3v) is 3.04. The first-order chi connectivity index (χ1) is 9.67. The zero-order valence-electron chi connectivity index (χ0n) is 11.5. The number of ether oxygens (including phenoxy) is 2. The van der Waals surface area contributed by atoms with Crippen LogP contribution in [0.3, 0.4) is 0 Å². The summed E-state index contributed by atoms with van der Waals surface area (Å²) in [7, 11) is 4.97. The number of pyridine rings is 1. The van der Waals surface area contributed by atoms with Crippen LogP contribution in [0.15, 0.2) is 30.3 Å². The number of hydrogen-bond donors (Lipinski definition) is 2. The molecule has 2 aromatic rings. The van der Waals surface area contributed by atoms with Crippen LogP contribution in [0.2, 0.25) is 5.02 Å². The maximum atomic E-state index is 6.07. The molecule has 0 saturated carbocycles. The zero-order valence-corrected chi connectivity index (χ0v) is 12.3. The van der Waals surface area contributed by atoms with Gasteiger partial charge in [0, 0.05) is 19.2 Å². The van der Waals surface area contributed by atoms with Gasteiger partial charge in [0.25, 0.3) is 0 Å². The van der Waals surface area contributed by atoms with Gasteiger partial charge in [-0.2, -0.15) is 0 Å². The minimum absolute atomic E-state index is 0.492. The Balaban J connectivity index is 2.36. The molecule has 0 aliphatic heterocycles. The number of methoxy groups -OCH3 is 2. The molecule has 1 heterocycles. The maximum absolute atomic E-state index is 6.07. The Labute approximate surface area is 122 Å². The van der Waals surface area contributed by atoms with E-state index in [1.54, 1.807) is 26.4 Å². The van der Waals surface area contributed by atoms with E-state index in [9.17, 15) is 0 Å². The Bertz CT molecular complexity index is 605. The lowest BCUT2D eigenvalue weighted by Crippen LogP contribution is -2.00. The fourth-order valence-electron chi connectivity index (χ4n) is 1.74. The Hall–Kier alpha value is -2.14. The lowest BCUT2D eigenvalue weighted by atomic mass is 10.2. The van der Waals surface area contributed by atoms with Crippen molar-refractivity contribution >= 4 is 28.9 Å². The van der Waals surface area contributed by atoms with Gasteiger partial charge in [0.1, 0.15) is 23.1 Å². The molecular formula is C14H16ClN3O2. The monoisotopic (exact) mass is 293 g/mol. The molecule has 5 nitrogen and oxygen atoms in total. The summed E-state index contributed by atoms with van der Waals surface area (Å²) < 4.78 is 10.5. The summed E-state index contributed by atoms with van der Waals surface area (Å²) >= 11 is 6.07. The van der Waals surface area contributed by atoms with Crippen LogP contribution in [0.4, 0.5) is 17.3 Å². The molecule has 0 unspecified atom stereocenters. The number of nitrogens with zero attached hydrogens (tertiary/aromatic N) is 1. The van der Waals surface area contributed by atoms with Crippen LogP contribution in [0, 0.1) is 0 Å². The lowest BCUT2D eigenvalue weighted by molar-refractivity contribution is 0.405. The summed E-state index contributed by atoms with van der Waals surface area (Å²) in [6, 6.07) is 9.12. The van der Waals surface area contributed by atoms with Crippen molar-refractivity contribution < 1.29 is 9.47 Å². The van der Waals surface area contributed by atoms with Gasteiger partial charge < -0.3 is 20.1 Å². The highest BCUT2D eigenvalue weighted by Gasteiger charge is 2.10. The van der Waals surface area contributed by atoms with Gasteiger partial charge in [-0.15, -0.1) is 0 Å². The Morgan fingerprint density at radius 2 is 1.75 bits per heavy atom. The minimum atomic E-state index is 0.492. The number of anilines is 3. The molecule has 0 aliphatic rings. The molecule has 0 radical (unpaired) electrons. The van der Waals surface area contributed by atoms with Crippen molar-refractivity contribution in [2.45, 2.75) is 0 Å². The van der Waals surface area contributed by atoms with Crippen LogP contribution in [0.1, 0.15) is 0 Å². The maximum Gasteiger partial charge on any atom is 0.144 e. The predicted molar refractivity (Wildman–Crippen MR) is 81.6 cm³/mol. The Morgan fingerprint density at radius 3 is 2.40 bits per heavy atom. The van der Waals surface area contributed by atoms with Gasteiger partial charge >= 0.3 is 0 Å². The van der Waals surface area contributed by atoms with Crippen molar-refractivity contribution in [3.8, 4) is 11.5 Å². The SMILES string of the molecule is CNc1cccc(Nc2cc(OC)c(Cl)cc2OC)n1. The van der Waals surface area contributed by atoms with Crippen LogP contribution in [-0.2, 0) is 0 Å². The van der Waals surface area contributed by atoms with Crippen LogP contribution in [0.25, 0.3) is 0 Å². The summed E-state index contributed by atoms with van der Waals surface area (Å²) in [5.74, 6) is 2.65. The summed E-state index contributed by atoms with van der Waals surface area (Å²) in [6.45, 7) is 0. The smallest absolute Gasteiger partial charge is 0.144 e. The van der Waals surface area contributed by atoms with E-state index >= 15 is 0 Å². The van der Waals surface area contributed by atoms with E-state index in [1.807, 2.05) is 25.2 Å². The second-order valence-electron chi connectivity index (χ2n) is 3.97. The molecular weight excluding hydrogens is 278 g/mol. The van der Waals surface area contributed by atoms with Gasteiger partial charge in [0.15, 0.2) is 0 Å². The van der Waals surface area contributed by atoms with Gasteiger partial charge in [0.2, 0.25) is 0 Å². The molecule has 0 aliphatic carbocycles. The molecule has 1 aromatic heterocycles. The molecule has 0 atom stereocenters. The summed E-state index contributed by atoms with van der Waals surface area (Å²) in [6.07, 6.45) is 0. The van der Waals surface area contributed by atoms with Gasteiger partial charge in [0.05, 0.1) is 24.9 Å². The van der Waals surface area contributed by atoms with Crippen molar-refractivity contribution in [3.05, 3.63) is 35.4 Å². The molecule has 0 bridgehead atoms. The van der Waals surface area contributed by atoms with Crippen LogP contribution >= 0.6 is 11.6 Å². The van der Waals surface area contributed by atoms with Crippen molar-refractivity contribution in [3.63, 3.8) is 0 Å².